The quantitative estimate of drug-likeness (QED) is 0.588. The van der Waals surface area contributed by atoms with Crippen molar-refractivity contribution in [2.75, 3.05) is 11.1 Å². The standard InChI is InChI=1S/C16H12BrClN4OS/c17-11-2-1-3-13(8-11)19-14(23)9-24-16-20-15(21-22-16)10-4-6-12(18)7-5-10/h1-8H,9H2,(H,19,23)(H,20,21,22). The van der Waals surface area contributed by atoms with Crippen LogP contribution in [0.4, 0.5) is 5.69 Å². The van der Waals surface area contributed by atoms with Crippen LogP contribution in [0, 0.1) is 0 Å². The van der Waals surface area contributed by atoms with Crippen molar-refractivity contribution in [2.24, 2.45) is 0 Å². The number of rotatable bonds is 5. The van der Waals surface area contributed by atoms with E-state index in [4.69, 9.17) is 11.6 Å². The fraction of sp³-hybridized carbons (Fsp3) is 0.0625. The zero-order valence-corrected chi connectivity index (χ0v) is 15.5. The highest BCUT2D eigenvalue weighted by Gasteiger charge is 2.09. The molecule has 0 fully saturated rings. The number of anilines is 1. The normalized spacial score (nSPS) is 10.6. The first-order valence-corrected chi connectivity index (χ1v) is 9.12. The highest BCUT2D eigenvalue weighted by Crippen LogP contribution is 2.21. The van der Waals surface area contributed by atoms with E-state index in [0.717, 1.165) is 15.7 Å². The summed E-state index contributed by atoms with van der Waals surface area (Å²) < 4.78 is 0.912. The summed E-state index contributed by atoms with van der Waals surface area (Å²) in [5, 5.41) is 11.0. The van der Waals surface area contributed by atoms with Crippen molar-refractivity contribution in [3.05, 3.63) is 58.0 Å². The first-order chi connectivity index (χ1) is 11.6. The molecule has 0 aliphatic rings. The number of nitrogens with one attached hydrogen (secondary N) is 2. The summed E-state index contributed by atoms with van der Waals surface area (Å²) in [6.07, 6.45) is 0. The number of benzene rings is 2. The third kappa shape index (κ3) is 4.59. The van der Waals surface area contributed by atoms with Gasteiger partial charge in [-0.2, -0.15) is 0 Å². The molecule has 0 bridgehead atoms. The Labute approximate surface area is 156 Å². The predicted molar refractivity (Wildman–Crippen MR) is 100 cm³/mol. The second-order valence-electron chi connectivity index (χ2n) is 4.82. The number of thioether (sulfide) groups is 1. The van der Waals surface area contributed by atoms with Gasteiger partial charge in [0, 0.05) is 20.7 Å². The average Bonchev–Trinajstić information content (AvgIpc) is 3.03. The Kier molecular flexibility index (Phi) is 5.55. The van der Waals surface area contributed by atoms with Crippen molar-refractivity contribution in [2.45, 2.75) is 5.16 Å². The molecular weight excluding hydrogens is 412 g/mol. The van der Waals surface area contributed by atoms with Crippen molar-refractivity contribution >= 4 is 50.9 Å². The maximum Gasteiger partial charge on any atom is 0.234 e. The Morgan fingerprint density at radius 2 is 2.04 bits per heavy atom. The van der Waals surface area contributed by atoms with Crippen LogP contribution in [0.3, 0.4) is 0 Å². The van der Waals surface area contributed by atoms with E-state index in [0.29, 0.717) is 16.0 Å². The molecule has 0 aliphatic carbocycles. The van der Waals surface area contributed by atoms with Crippen LogP contribution in [0.15, 0.2) is 58.2 Å². The Bertz CT molecular complexity index is 853. The Hall–Kier alpha value is -1.83. The Morgan fingerprint density at radius 1 is 1.25 bits per heavy atom. The van der Waals surface area contributed by atoms with Crippen molar-refractivity contribution < 1.29 is 4.79 Å². The molecule has 8 heteroatoms. The zero-order valence-electron chi connectivity index (χ0n) is 12.3. The summed E-state index contributed by atoms with van der Waals surface area (Å²) in [5.74, 6) is 0.752. The van der Waals surface area contributed by atoms with Gasteiger partial charge in [0.1, 0.15) is 0 Å². The topological polar surface area (TPSA) is 70.7 Å². The minimum Gasteiger partial charge on any atom is -0.325 e. The van der Waals surface area contributed by atoms with Crippen LogP contribution in [-0.2, 0) is 4.79 Å². The lowest BCUT2D eigenvalue weighted by atomic mass is 10.2. The van der Waals surface area contributed by atoms with Gasteiger partial charge < -0.3 is 5.32 Å². The minimum atomic E-state index is -0.115. The van der Waals surface area contributed by atoms with E-state index in [2.05, 4.69) is 36.4 Å². The minimum absolute atomic E-state index is 0.115. The molecule has 2 aromatic carbocycles. The predicted octanol–water partition coefficient (Wildman–Crippen LogP) is 4.62. The lowest BCUT2D eigenvalue weighted by Crippen LogP contribution is -2.14. The maximum absolute atomic E-state index is 12.0. The van der Waals surface area contributed by atoms with Crippen LogP contribution in [0.25, 0.3) is 11.4 Å². The molecule has 0 atom stereocenters. The van der Waals surface area contributed by atoms with Crippen molar-refractivity contribution in [1.82, 2.24) is 15.2 Å². The van der Waals surface area contributed by atoms with Gasteiger partial charge in [0.25, 0.3) is 0 Å². The third-order valence-corrected chi connectivity index (χ3v) is 4.62. The third-order valence-electron chi connectivity index (χ3n) is 3.02. The summed E-state index contributed by atoms with van der Waals surface area (Å²) in [4.78, 5) is 16.4. The maximum atomic E-state index is 12.0. The van der Waals surface area contributed by atoms with E-state index < -0.39 is 0 Å². The number of hydrogen-bond acceptors (Lipinski definition) is 4. The molecule has 24 heavy (non-hydrogen) atoms. The van der Waals surface area contributed by atoms with Gasteiger partial charge in [-0.25, -0.2) is 4.98 Å². The second-order valence-corrected chi connectivity index (χ2v) is 7.12. The molecule has 122 valence electrons. The number of aromatic amines is 1. The molecule has 1 aromatic heterocycles. The SMILES string of the molecule is O=C(CSc1n[nH]c(-c2ccc(Cl)cc2)n1)Nc1cccc(Br)c1. The number of amides is 1. The van der Waals surface area contributed by atoms with Gasteiger partial charge in [-0.3, -0.25) is 9.89 Å². The van der Waals surface area contributed by atoms with E-state index in [1.807, 2.05) is 36.4 Å². The smallest absolute Gasteiger partial charge is 0.234 e. The first kappa shape index (κ1) is 17.0. The highest BCUT2D eigenvalue weighted by molar-refractivity contribution is 9.10. The van der Waals surface area contributed by atoms with Gasteiger partial charge in [-0.1, -0.05) is 45.4 Å². The van der Waals surface area contributed by atoms with Crippen molar-refractivity contribution in [3.63, 3.8) is 0 Å². The zero-order chi connectivity index (χ0) is 16.9. The molecule has 0 saturated carbocycles. The molecule has 1 amide bonds. The molecule has 3 rings (SSSR count). The monoisotopic (exact) mass is 422 g/mol. The first-order valence-electron chi connectivity index (χ1n) is 6.97. The number of hydrogen-bond donors (Lipinski definition) is 2. The number of nitrogens with zero attached hydrogens (tertiary/aromatic N) is 2. The average molecular weight is 424 g/mol. The van der Waals surface area contributed by atoms with Gasteiger partial charge in [-0.15, -0.1) is 5.10 Å². The van der Waals surface area contributed by atoms with Crippen molar-refractivity contribution in [1.29, 1.82) is 0 Å². The van der Waals surface area contributed by atoms with Gasteiger partial charge in [0.05, 0.1) is 5.75 Å². The summed E-state index contributed by atoms with van der Waals surface area (Å²) in [5.41, 5.74) is 1.63. The van der Waals surface area contributed by atoms with E-state index in [1.165, 1.54) is 11.8 Å². The number of aromatic nitrogens is 3. The molecule has 0 radical (unpaired) electrons. The summed E-state index contributed by atoms with van der Waals surface area (Å²) >= 11 is 10.5. The van der Waals surface area contributed by atoms with E-state index in [1.54, 1.807) is 12.1 Å². The fourth-order valence-electron chi connectivity index (χ4n) is 1.94. The molecule has 0 saturated heterocycles. The summed E-state index contributed by atoms with van der Waals surface area (Å²) in [6, 6.07) is 14.7. The van der Waals surface area contributed by atoms with Gasteiger partial charge in [0.2, 0.25) is 11.1 Å². The number of carbonyl (C=O) groups excluding carboxylic acids is 1. The summed E-state index contributed by atoms with van der Waals surface area (Å²) in [7, 11) is 0. The molecule has 5 nitrogen and oxygen atoms in total. The molecular formula is C16H12BrClN4OS. The van der Waals surface area contributed by atoms with E-state index in [9.17, 15) is 4.79 Å². The van der Waals surface area contributed by atoms with Gasteiger partial charge in [0.15, 0.2) is 5.82 Å². The van der Waals surface area contributed by atoms with Crippen LogP contribution in [0.5, 0.6) is 0 Å². The number of halogens is 2. The molecule has 1 heterocycles. The largest absolute Gasteiger partial charge is 0.325 e. The molecule has 3 aromatic rings. The van der Waals surface area contributed by atoms with Crippen LogP contribution in [-0.4, -0.2) is 26.8 Å². The number of H-pyrrole nitrogens is 1. The fourth-order valence-corrected chi connectivity index (χ4v) is 3.06. The van der Waals surface area contributed by atoms with Crippen LogP contribution in [0.2, 0.25) is 5.02 Å². The summed E-state index contributed by atoms with van der Waals surface area (Å²) in [6.45, 7) is 0. The van der Waals surface area contributed by atoms with Crippen LogP contribution >= 0.6 is 39.3 Å². The molecule has 2 N–H and O–H groups in total. The van der Waals surface area contributed by atoms with E-state index in [-0.39, 0.29) is 11.7 Å². The molecule has 0 unspecified atom stereocenters. The molecule has 0 aliphatic heterocycles. The lowest BCUT2D eigenvalue weighted by molar-refractivity contribution is -0.113. The second kappa shape index (κ2) is 7.83. The Balaban J connectivity index is 1.57. The number of carbonyl (C=O) groups is 1. The van der Waals surface area contributed by atoms with Crippen molar-refractivity contribution in [3.8, 4) is 11.4 Å². The van der Waals surface area contributed by atoms with Crippen LogP contribution in [0.1, 0.15) is 0 Å². The Morgan fingerprint density at radius 3 is 2.79 bits per heavy atom. The van der Waals surface area contributed by atoms with Gasteiger partial charge in [-0.05, 0) is 42.5 Å². The van der Waals surface area contributed by atoms with Gasteiger partial charge >= 0.3 is 0 Å². The van der Waals surface area contributed by atoms with Crippen LogP contribution < -0.4 is 5.32 Å². The molecule has 0 spiro atoms. The lowest BCUT2D eigenvalue weighted by Gasteiger charge is -2.04. The van der Waals surface area contributed by atoms with E-state index >= 15 is 0 Å². The highest BCUT2D eigenvalue weighted by atomic mass is 79.9.